The summed E-state index contributed by atoms with van der Waals surface area (Å²) in [5.41, 5.74) is 7.36. The molecule has 2 aromatic heterocycles. The quantitative estimate of drug-likeness (QED) is 0.446. The summed E-state index contributed by atoms with van der Waals surface area (Å²) in [7, 11) is 1.60. The van der Waals surface area contributed by atoms with E-state index in [4.69, 9.17) is 10.5 Å². The summed E-state index contributed by atoms with van der Waals surface area (Å²) in [4.78, 5) is 13.6. The first-order valence-electron chi connectivity index (χ1n) is 11.2. The van der Waals surface area contributed by atoms with E-state index >= 15 is 0 Å². The lowest BCUT2D eigenvalue weighted by atomic mass is 9.85. The van der Waals surface area contributed by atoms with E-state index in [1.54, 1.807) is 23.8 Å². The van der Waals surface area contributed by atoms with Crippen molar-refractivity contribution in [2.45, 2.75) is 37.7 Å². The Morgan fingerprint density at radius 2 is 1.82 bits per heavy atom. The Hall–Kier alpha value is -3.96. The minimum Gasteiger partial charge on any atom is -0.497 e. The van der Waals surface area contributed by atoms with E-state index in [1.165, 1.54) is 12.1 Å². The number of rotatable bonds is 3. The Bertz CT molecular complexity index is 1410. The van der Waals surface area contributed by atoms with Gasteiger partial charge in [0.2, 0.25) is 5.82 Å². The highest BCUT2D eigenvalue weighted by Crippen LogP contribution is 2.31. The molecule has 1 aliphatic carbocycles. The Morgan fingerprint density at radius 1 is 1.06 bits per heavy atom. The number of ether oxygens (including phenoxy) is 1. The number of imidazole rings is 1. The van der Waals surface area contributed by atoms with Crippen LogP contribution in [0, 0.1) is 17.7 Å². The van der Waals surface area contributed by atoms with Crippen LogP contribution in [0.2, 0.25) is 0 Å². The number of halogens is 1. The van der Waals surface area contributed by atoms with E-state index < -0.39 is 5.60 Å². The van der Waals surface area contributed by atoms with Crippen molar-refractivity contribution in [2.24, 2.45) is 0 Å². The van der Waals surface area contributed by atoms with Crippen molar-refractivity contribution in [3.63, 3.8) is 0 Å². The number of nitrogens with two attached hydrogens (primary N) is 1. The standard InChI is InChI=1S/C26H24FN5O2/c1-34-20-10-8-19(9-11-20)32-24(17-6-5-7-18(27)16-17)31-22-23(28)29-21(30-25(22)32)12-15-26(33)13-3-2-4-14-26/h5-11,16,33H,2-4,13-14H2,1H3,(H2,28,29,30). The van der Waals surface area contributed by atoms with Crippen LogP contribution in [-0.4, -0.2) is 37.3 Å². The Kier molecular flexibility index (Phi) is 5.64. The van der Waals surface area contributed by atoms with Crippen molar-refractivity contribution in [1.29, 1.82) is 0 Å². The first-order valence-corrected chi connectivity index (χ1v) is 11.2. The van der Waals surface area contributed by atoms with Crippen LogP contribution < -0.4 is 10.5 Å². The fraction of sp³-hybridized carbons (Fsp3) is 0.269. The summed E-state index contributed by atoms with van der Waals surface area (Å²) in [6, 6.07) is 13.5. The average molecular weight is 458 g/mol. The van der Waals surface area contributed by atoms with Crippen LogP contribution in [0.3, 0.4) is 0 Å². The fourth-order valence-electron chi connectivity index (χ4n) is 4.27. The number of anilines is 1. The molecule has 3 N–H and O–H groups in total. The second kappa shape index (κ2) is 8.76. The Morgan fingerprint density at radius 3 is 2.53 bits per heavy atom. The van der Waals surface area contributed by atoms with Gasteiger partial charge in [0.1, 0.15) is 23.0 Å². The second-order valence-electron chi connectivity index (χ2n) is 8.43. The van der Waals surface area contributed by atoms with Crippen molar-refractivity contribution in [3.05, 3.63) is 60.2 Å². The number of nitrogen functional groups attached to an aromatic ring is 1. The van der Waals surface area contributed by atoms with Gasteiger partial charge in [-0.15, -0.1) is 0 Å². The molecule has 1 aliphatic rings. The van der Waals surface area contributed by atoms with Crippen LogP contribution in [0.1, 0.15) is 37.9 Å². The Labute approximate surface area is 196 Å². The molecule has 0 radical (unpaired) electrons. The minimum atomic E-state index is -1.03. The number of aromatic nitrogens is 4. The third-order valence-electron chi connectivity index (χ3n) is 6.04. The van der Waals surface area contributed by atoms with Gasteiger partial charge < -0.3 is 15.6 Å². The predicted octanol–water partition coefficient (Wildman–Crippen LogP) is 4.26. The van der Waals surface area contributed by atoms with Crippen molar-refractivity contribution in [3.8, 4) is 34.7 Å². The molecular formula is C26H24FN5O2. The second-order valence-corrected chi connectivity index (χ2v) is 8.43. The fourth-order valence-corrected chi connectivity index (χ4v) is 4.27. The van der Waals surface area contributed by atoms with E-state index in [0.717, 1.165) is 24.9 Å². The highest BCUT2D eigenvalue weighted by atomic mass is 19.1. The van der Waals surface area contributed by atoms with Gasteiger partial charge >= 0.3 is 0 Å². The summed E-state index contributed by atoms with van der Waals surface area (Å²) >= 11 is 0. The molecule has 0 bridgehead atoms. The van der Waals surface area contributed by atoms with E-state index in [9.17, 15) is 9.50 Å². The number of benzene rings is 2. The highest BCUT2D eigenvalue weighted by molar-refractivity contribution is 5.87. The molecular weight excluding hydrogens is 433 g/mol. The predicted molar refractivity (Wildman–Crippen MR) is 128 cm³/mol. The van der Waals surface area contributed by atoms with Gasteiger partial charge in [0.15, 0.2) is 17.0 Å². The highest BCUT2D eigenvalue weighted by Gasteiger charge is 2.27. The molecule has 0 aliphatic heterocycles. The summed E-state index contributed by atoms with van der Waals surface area (Å²) in [5, 5.41) is 10.8. The Balaban J connectivity index is 1.70. The number of hydrogen-bond acceptors (Lipinski definition) is 6. The topological polar surface area (TPSA) is 99.1 Å². The van der Waals surface area contributed by atoms with Crippen LogP contribution in [0.15, 0.2) is 48.5 Å². The first-order chi connectivity index (χ1) is 16.5. The lowest BCUT2D eigenvalue weighted by Crippen LogP contribution is -2.29. The molecule has 2 aromatic carbocycles. The molecule has 0 amide bonds. The van der Waals surface area contributed by atoms with Crippen LogP contribution >= 0.6 is 0 Å². The zero-order valence-corrected chi connectivity index (χ0v) is 18.8. The minimum absolute atomic E-state index is 0.162. The maximum Gasteiger partial charge on any atom is 0.209 e. The van der Waals surface area contributed by atoms with E-state index in [1.807, 2.05) is 24.3 Å². The number of fused-ring (bicyclic) bond motifs is 1. The summed E-state index contributed by atoms with van der Waals surface area (Å²) in [5.74, 6) is 7.02. The number of methoxy groups -OCH3 is 1. The van der Waals surface area contributed by atoms with Gasteiger partial charge in [-0.3, -0.25) is 4.57 Å². The van der Waals surface area contributed by atoms with E-state index in [2.05, 4.69) is 26.8 Å². The molecule has 0 unspecified atom stereocenters. The van der Waals surface area contributed by atoms with Gasteiger partial charge in [-0.2, -0.15) is 0 Å². The SMILES string of the molecule is COc1ccc(-n2c(-c3cccc(F)c3)nc3c(N)nc(C#CC4(O)CCCCC4)nc32)cc1. The molecule has 7 nitrogen and oxygen atoms in total. The molecule has 8 heteroatoms. The zero-order chi connectivity index (χ0) is 23.7. The summed E-state index contributed by atoms with van der Waals surface area (Å²) in [6.07, 6.45) is 4.24. The lowest BCUT2D eigenvalue weighted by molar-refractivity contribution is 0.0610. The first kappa shape index (κ1) is 21.9. The third-order valence-corrected chi connectivity index (χ3v) is 6.04. The van der Waals surface area contributed by atoms with Gasteiger partial charge in [0, 0.05) is 11.3 Å². The lowest BCUT2D eigenvalue weighted by Gasteiger charge is -2.26. The maximum absolute atomic E-state index is 14.0. The number of aliphatic hydroxyl groups is 1. The molecule has 34 heavy (non-hydrogen) atoms. The van der Waals surface area contributed by atoms with Gasteiger partial charge in [-0.1, -0.05) is 24.5 Å². The molecule has 0 atom stereocenters. The van der Waals surface area contributed by atoms with Crippen LogP contribution in [0.5, 0.6) is 5.75 Å². The van der Waals surface area contributed by atoms with Gasteiger partial charge in [0.05, 0.1) is 7.11 Å². The normalized spacial score (nSPS) is 15.0. The molecule has 0 saturated heterocycles. The number of nitrogens with zero attached hydrogens (tertiary/aromatic N) is 4. The van der Waals surface area contributed by atoms with Crippen molar-refractivity contribution >= 4 is 17.0 Å². The van der Waals surface area contributed by atoms with Crippen molar-refractivity contribution in [1.82, 2.24) is 19.5 Å². The van der Waals surface area contributed by atoms with Crippen molar-refractivity contribution < 1.29 is 14.2 Å². The van der Waals surface area contributed by atoms with E-state index in [-0.39, 0.29) is 17.5 Å². The molecule has 0 spiro atoms. The van der Waals surface area contributed by atoms with Gasteiger partial charge in [0.25, 0.3) is 0 Å². The molecule has 1 saturated carbocycles. The monoisotopic (exact) mass is 457 g/mol. The van der Waals surface area contributed by atoms with Crippen LogP contribution in [0.4, 0.5) is 10.2 Å². The number of hydrogen-bond donors (Lipinski definition) is 2. The molecule has 5 rings (SSSR count). The summed E-state index contributed by atoms with van der Waals surface area (Å²) < 4.78 is 21.1. The van der Waals surface area contributed by atoms with Gasteiger partial charge in [-0.05, 0) is 68.0 Å². The smallest absolute Gasteiger partial charge is 0.209 e. The van der Waals surface area contributed by atoms with Crippen LogP contribution in [-0.2, 0) is 0 Å². The van der Waals surface area contributed by atoms with E-state index in [0.29, 0.717) is 41.1 Å². The molecule has 4 aromatic rings. The summed E-state index contributed by atoms with van der Waals surface area (Å²) in [6.45, 7) is 0. The average Bonchev–Trinajstić information content (AvgIpc) is 3.24. The third kappa shape index (κ3) is 4.18. The van der Waals surface area contributed by atoms with Gasteiger partial charge in [-0.25, -0.2) is 19.3 Å². The molecule has 1 fully saturated rings. The zero-order valence-electron chi connectivity index (χ0n) is 18.8. The largest absolute Gasteiger partial charge is 0.497 e. The molecule has 2 heterocycles. The molecule has 172 valence electrons. The van der Waals surface area contributed by atoms with Crippen molar-refractivity contribution in [2.75, 3.05) is 12.8 Å². The van der Waals surface area contributed by atoms with Crippen LogP contribution in [0.25, 0.3) is 28.2 Å². The maximum atomic E-state index is 14.0.